The van der Waals surface area contributed by atoms with Crippen LogP contribution in [0.4, 0.5) is 13.2 Å². The van der Waals surface area contributed by atoms with Crippen molar-refractivity contribution in [2.75, 3.05) is 6.61 Å². The number of rotatable bonds is 3. The van der Waals surface area contributed by atoms with Crippen molar-refractivity contribution in [3.05, 3.63) is 35.4 Å². The fourth-order valence-corrected chi connectivity index (χ4v) is 4.24. The van der Waals surface area contributed by atoms with E-state index in [9.17, 15) is 22.8 Å². The molecule has 3 fully saturated rings. The van der Waals surface area contributed by atoms with Crippen LogP contribution in [0.2, 0.25) is 0 Å². The van der Waals surface area contributed by atoms with Crippen molar-refractivity contribution in [2.45, 2.75) is 68.9 Å². The van der Waals surface area contributed by atoms with Gasteiger partial charge in [0, 0.05) is 6.04 Å². The lowest BCUT2D eigenvalue weighted by Crippen LogP contribution is -2.56. The molecule has 1 saturated heterocycles. The second-order valence-corrected chi connectivity index (χ2v) is 7.84. The first kappa shape index (κ1) is 19.2. The lowest BCUT2D eigenvalue weighted by molar-refractivity contribution is -0.138. The zero-order chi connectivity index (χ0) is 19.9. The summed E-state index contributed by atoms with van der Waals surface area (Å²) in [7, 11) is 0. The standard InChI is InChI=1S/C20H23F3N2O3/c21-20(22,23)15-7-3-2-6-14(15)18(27)25-16(17(26)24-13-8-9-13)12-28-19(25)10-4-1-5-11-19/h2-3,6-7,13,16H,1,4-5,8-12H2,(H,24,26). The van der Waals surface area contributed by atoms with Gasteiger partial charge in [0.15, 0.2) is 0 Å². The topological polar surface area (TPSA) is 58.6 Å². The molecule has 28 heavy (non-hydrogen) atoms. The lowest BCUT2D eigenvalue weighted by Gasteiger charge is -2.41. The van der Waals surface area contributed by atoms with Gasteiger partial charge in [-0.15, -0.1) is 0 Å². The molecule has 2 saturated carbocycles. The van der Waals surface area contributed by atoms with E-state index in [0.29, 0.717) is 12.8 Å². The van der Waals surface area contributed by atoms with Gasteiger partial charge in [0.25, 0.3) is 5.91 Å². The van der Waals surface area contributed by atoms with E-state index in [4.69, 9.17) is 4.74 Å². The van der Waals surface area contributed by atoms with Gasteiger partial charge in [-0.25, -0.2) is 0 Å². The van der Waals surface area contributed by atoms with Crippen molar-refractivity contribution in [2.24, 2.45) is 0 Å². The van der Waals surface area contributed by atoms with Crippen LogP contribution in [0.15, 0.2) is 24.3 Å². The van der Waals surface area contributed by atoms with Gasteiger partial charge in [-0.1, -0.05) is 18.6 Å². The summed E-state index contributed by atoms with van der Waals surface area (Å²) in [6, 6.07) is 3.93. The number of ether oxygens (including phenoxy) is 1. The number of carbonyl (C=O) groups is 2. The summed E-state index contributed by atoms with van der Waals surface area (Å²) in [5, 5.41) is 2.86. The summed E-state index contributed by atoms with van der Waals surface area (Å²) >= 11 is 0. The highest BCUT2D eigenvalue weighted by molar-refractivity contribution is 5.99. The molecule has 5 nitrogen and oxygen atoms in total. The molecule has 1 spiro atoms. The molecule has 2 aliphatic carbocycles. The molecule has 8 heteroatoms. The highest BCUT2D eigenvalue weighted by atomic mass is 19.4. The molecule has 0 radical (unpaired) electrons. The van der Waals surface area contributed by atoms with Gasteiger partial charge >= 0.3 is 6.18 Å². The van der Waals surface area contributed by atoms with Gasteiger partial charge < -0.3 is 10.1 Å². The van der Waals surface area contributed by atoms with Crippen molar-refractivity contribution in [3.63, 3.8) is 0 Å². The average Bonchev–Trinajstić information content (AvgIpc) is 3.41. The van der Waals surface area contributed by atoms with E-state index in [-0.39, 0.29) is 18.6 Å². The highest BCUT2D eigenvalue weighted by Crippen LogP contribution is 2.42. The fraction of sp³-hybridized carbons (Fsp3) is 0.600. The Balaban J connectivity index is 1.71. The zero-order valence-corrected chi connectivity index (χ0v) is 15.4. The van der Waals surface area contributed by atoms with E-state index in [0.717, 1.165) is 38.2 Å². The Morgan fingerprint density at radius 2 is 1.79 bits per heavy atom. The van der Waals surface area contributed by atoms with Gasteiger partial charge in [-0.2, -0.15) is 13.2 Å². The Morgan fingerprint density at radius 1 is 1.11 bits per heavy atom. The fourth-order valence-electron chi connectivity index (χ4n) is 4.24. The Kier molecular flexibility index (Phi) is 4.85. The van der Waals surface area contributed by atoms with Crippen molar-refractivity contribution >= 4 is 11.8 Å². The predicted octanol–water partition coefficient (Wildman–Crippen LogP) is 3.49. The Labute approximate surface area is 161 Å². The van der Waals surface area contributed by atoms with Crippen LogP contribution in [0.3, 0.4) is 0 Å². The van der Waals surface area contributed by atoms with Gasteiger partial charge in [0.1, 0.15) is 11.8 Å². The second-order valence-electron chi connectivity index (χ2n) is 7.84. The number of halogens is 3. The van der Waals surface area contributed by atoms with Gasteiger partial charge in [0.2, 0.25) is 5.91 Å². The first-order valence-electron chi connectivity index (χ1n) is 9.76. The molecule has 4 rings (SSSR count). The van der Waals surface area contributed by atoms with Crippen LogP contribution in [-0.4, -0.2) is 41.1 Å². The average molecular weight is 396 g/mol. The van der Waals surface area contributed by atoms with Crippen molar-refractivity contribution in [1.82, 2.24) is 10.2 Å². The first-order chi connectivity index (χ1) is 13.3. The minimum atomic E-state index is -4.65. The van der Waals surface area contributed by atoms with Crippen LogP contribution in [-0.2, 0) is 15.7 Å². The smallest absolute Gasteiger partial charge is 0.353 e. The molecule has 1 heterocycles. The van der Waals surface area contributed by atoms with E-state index in [1.807, 2.05) is 0 Å². The molecular weight excluding hydrogens is 373 g/mol. The molecule has 1 atom stereocenters. The van der Waals surface area contributed by atoms with E-state index < -0.39 is 35.0 Å². The molecule has 1 aromatic rings. The number of hydrogen-bond donors (Lipinski definition) is 1. The number of alkyl halides is 3. The highest BCUT2D eigenvalue weighted by Gasteiger charge is 2.54. The summed E-state index contributed by atoms with van der Waals surface area (Å²) in [4.78, 5) is 27.4. The predicted molar refractivity (Wildman–Crippen MR) is 94.3 cm³/mol. The molecule has 0 aromatic heterocycles. The molecule has 1 aromatic carbocycles. The maximum Gasteiger partial charge on any atom is 0.417 e. The summed E-state index contributed by atoms with van der Waals surface area (Å²) in [6.07, 6.45) is 0.762. The minimum absolute atomic E-state index is 0.0124. The van der Waals surface area contributed by atoms with Crippen LogP contribution in [0, 0.1) is 0 Å². The quantitative estimate of drug-likeness (QED) is 0.851. The Hall–Kier alpha value is -2.09. The molecule has 1 unspecified atom stereocenters. The molecule has 1 N–H and O–H groups in total. The van der Waals surface area contributed by atoms with Gasteiger partial charge in [-0.3, -0.25) is 14.5 Å². The van der Waals surface area contributed by atoms with Crippen molar-refractivity contribution < 1.29 is 27.5 Å². The van der Waals surface area contributed by atoms with Crippen LogP contribution < -0.4 is 5.32 Å². The molecule has 3 aliphatic rings. The minimum Gasteiger partial charge on any atom is -0.353 e. The van der Waals surface area contributed by atoms with E-state index in [1.165, 1.54) is 23.1 Å². The number of nitrogens with one attached hydrogen (secondary N) is 1. The summed E-state index contributed by atoms with van der Waals surface area (Å²) in [6.45, 7) is 0.0124. The number of carbonyl (C=O) groups excluding carboxylic acids is 2. The molecule has 1 aliphatic heterocycles. The first-order valence-corrected chi connectivity index (χ1v) is 9.76. The molecular formula is C20H23F3N2O3. The van der Waals surface area contributed by atoms with E-state index >= 15 is 0 Å². The van der Waals surface area contributed by atoms with Crippen LogP contribution in [0.25, 0.3) is 0 Å². The van der Waals surface area contributed by atoms with Crippen LogP contribution in [0.5, 0.6) is 0 Å². The summed E-state index contributed by atoms with van der Waals surface area (Å²) in [5.41, 5.74) is -2.42. The van der Waals surface area contributed by atoms with Crippen molar-refractivity contribution in [3.8, 4) is 0 Å². The van der Waals surface area contributed by atoms with Gasteiger partial charge in [-0.05, 0) is 50.7 Å². The number of hydrogen-bond acceptors (Lipinski definition) is 3. The number of amides is 2. The van der Waals surface area contributed by atoms with E-state index in [1.54, 1.807) is 0 Å². The largest absolute Gasteiger partial charge is 0.417 e. The Morgan fingerprint density at radius 3 is 2.43 bits per heavy atom. The maximum absolute atomic E-state index is 13.5. The maximum atomic E-state index is 13.5. The number of benzene rings is 1. The summed E-state index contributed by atoms with van der Waals surface area (Å²) in [5.74, 6) is -1.13. The van der Waals surface area contributed by atoms with Crippen LogP contribution >= 0.6 is 0 Å². The lowest BCUT2D eigenvalue weighted by atomic mass is 9.89. The normalized spacial score (nSPS) is 24.4. The number of nitrogens with zero attached hydrogens (tertiary/aromatic N) is 1. The third-order valence-corrected chi connectivity index (χ3v) is 5.80. The molecule has 152 valence electrons. The zero-order valence-electron chi connectivity index (χ0n) is 15.4. The molecule has 2 amide bonds. The Bertz CT molecular complexity index is 770. The molecule has 0 bridgehead atoms. The third kappa shape index (κ3) is 3.50. The third-order valence-electron chi connectivity index (χ3n) is 5.80. The second kappa shape index (κ2) is 7.06. The van der Waals surface area contributed by atoms with Crippen LogP contribution in [0.1, 0.15) is 60.9 Å². The van der Waals surface area contributed by atoms with E-state index in [2.05, 4.69) is 5.32 Å². The SMILES string of the molecule is O=C(NC1CC1)C1COC2(CCCCC2)N1C(=O)c1ccccc1C(F)(F)F. The van der Waals surface area contributed by atoms with Crippen molar-refractivity contribution in [1.29, 1.82) is 0 Å². The van der Waals surface area contributed by atoms with Gasteiger partial charge in [0.05, 0.1) is 17.7 Å². The monoisotopic (exact) mass is 396 g/mol. The summed E-state index contributed by atoms with van der Waals surface area (Å²) < 4.78 is 46.4.